The molecule has 2 aliphatic rings. The van der Waals surface area contributed by atoms with Crippen LogP contribution in [0.5, 0.6) is 0 Å². The summed E-state index contributed by atoms with van der Waals surface area (Å²) in [6.45, 7) is 7.39. The highest BCUT2D eigenvalue weighted by Gasteiger charge is 2.40. The van der Waals surface area contributed by atoms with Gasteiger partial charge in [-0.25, -0.2) is 0 Å². The van der Waals surface area contributed by atoms with Gasteiger partial charge >= 0.3 is 5.97 Å². The number of carbonyl (C=O) groups is 2. The smallest absolute Gasteiger partial charge is 0.310 e. The molecule has 114 valence electrons. The molecule has 20 heavy (non-hydrogen) atoms. The average molecular weight is 282 g/mol. The molecule has 0 aromatic carbocycles. The van der Waals surface area contributed by atoms with Gasteiger partial charge in [-0.1, -0.05) is 6.92 Å². The molecule has 0 aromatic heterocycles. The van der Waals surface area contributed by atoms with E-state index in [0.29, 0.717) is 13.2 Å². The van der Waals surface area contributed by atoms with Gasteiger partial charge in [0.1, 0.15) is 0 Å². The van der Waals surface area contributed by atoms with E-state index in [9.17, 15) is 9.59 Å². The highest BCUT2D eigenvalue weighted by atomic mass is 16.5. The van der Waals surface area contributed by atoms with Crippen molar-refractivity contribution in [3.63, 3.8) is 0 Å². The minimum absolute atomic E-state index is 0.141. The summed E-state index contributed by atoms with van der Waals surface area (Å²) in [6.07, 6.45) is 3.49. The Bertz CT molecular complexity index is 364. The second kappa shape index (κ2) is 6.57. The van der Waals surface area contributed by atoms with Crippen LogP contribution >= 0.6 is 0 Å². The maximum atomic E-state index is 12.7. The quantitative estimate of drug-likeness (QED) is 0.790. The fourth-order valence-corrected chi connectivity index (χ4v) is 3.19. The fraction of sp³-hybridized carbons (Fsp3) is 0.867. The van der Waals surface area contributed by atoms with Crippen LogP contribution < -0.4 is 5.32 Å². The maximum Gasteiger partial charge on any atom is 0.310 e. The lowest BCUT2D eigenvalue weighted by Crippen LogP contribution is -2.51. The number of rotatable bonds is 3. The third kappa shape index (κ3) is 3.32. The van der Waals surface area contributed by atoms with Crippen molar-refractivity contribution in [3.8, 4) is 0 Å². The number of ether oxygens (including phenoxy) is 1. The van der Waals surface area contributed by atoms with E-state index < -0.39 is 0 Å². The zero-order valence-corrected chi connectivity index (χ0v) is 12.6. The van der Waals surface area contributed by atoms with Crippen molar-refractivity contribution in [2.75, 3.05) is 32.8 Å². The Balaban J connectivity index is 1.97. The number of nitrogens with one attached hydrogen (secondary N) is 1. The number of carbonyl (C=O) groups excluding carboxylic acids is 2. The SMILES string of the molecule is CCOC(=O)C1CCCN(C(=O)C2(C)CCNCC2)C1. The summed E-state index contributed by atoms with van der Waals surface area (Å²) in [4.78, 5) is 26.5. The third-order valence-corrected chi connectivity index (χ3v) is 4.55. The molecule has 5 heteroatoms. The zero-order chi connectivity index (χ0) is 14.6. The van der Waals surface area contributed by atoms with E-state index in [-0.39, 0.29) is 23.2 Å². The van der Waals surface area contributed by atoms with Gasteiger partial charge in [0.15, 0.2) is 0 Å². The minimum atomic E-state index is -0.262. The van der Waals surface area contributed by atoms with Crippen LogP contribution in [0.15, 0.2) is 0 Å². The molecule has 0 bridgehead atoms. The van der Waals surface area contributed by atoms with E-state index in [2.05, 4.69) is 12.2 Å². The van der Waals surface area contributed by atoms with Gasteiger partial charge in [-0.2, -0.15) is 0 Å². The largest absolute Gasteiger partial charge is 0.466 e. The normalized spacial score (nSPS) is 26.1. The van der Waals surface area contributed by atoms with Gasteiger partial charge < -0.3 is 15.0 Å². The molecule has 2 saturated heterocycles. The van der Waals surface area contributed by atoms with Crippen molar-refractivity contribution in [1.82, 2.24) is 10.2 Å². The molecule has 2 aliphatic heterocycles. The lowest BCUT2D eigenvalue weighted by molar-refractivity contribution is -0.153. The molecule has 2 fully saturated rings. The average Bonchev–Trinajstić information content (AvgIpc) is 2.47. The Morgan fingerprint density at radius 1 is 1.35 bits per heavy atom. The molecule has 0 radical (unpaired) electrons. The van der Waals surface area contributed by atoms with E-state index in [1.807, 2.05) is 11.8 Å². The number of likely N-dealkylation sites (tertiary alicyclic amines) is 1. The summed E-state index contributed by atoms with van der Waals surface area (Å²) in [7, 11) is 0. The molecule has 5 nitrogen and oxygen atoms in total. The topological polar surface area (TPSA) is 58.6 Å². The molecule has 2 heterocycles. The number of amides is 1. The van der Waals surface area contributed by atoms with Gasteiger partial charge in [-0.3, -0.25) is 9.59 Å². The Kier molecular flexibility index (Phi) is 5.02. The standard InChI is InChI=1S/C15H26N2O3/c1-3-20-13(18)12-5-4-10-17(11-12)14(19)15(2)6-8-16-9-7-15/h12,16H,3-11H2,1-2H3. The molecule has 1 amide bonds. The number of esters is 1. The predicted molar refractivity (Wildman–Crippen MR) is 76.1 cm³/mol. The number of piperidine rings is 2. The van der Waals surface area contributed by atoms with Crippen LogP contribution in [0.1, 0.15) is 39.5 Å². The van der Waals surface area contributed by atoms with E-state index >= 15 is 0 Å². The van der Waals surface area contributed by atoms with Crippen LogP contribution in [0.4, 0.5) is 0 Å². The number of hydrogen-bond donors (Lipinski definition) is 1. The van der Waals surface area contributed by atoms with Crippen molar-refractivity contribution >= 4 is 11.9 Å². The van der Waals surface area contributed by atoms with E-state index in [0.717, 1.165) is 45.3 Å². The molecule has 0 spiro atoms. The second-order valence-corrected chi connectivity index (χ2v) is 6.15. The van der Waals surface area contributed by atoms with Crippen LogP contribution in [0.2, 0.25) is 0 Å². The molecule has 2 rings (SSSR count). The molecular formula is C15H26N2O3. The predicted octanol–water partition coefficient (Wildman–Crippen LogP) is 1.18. The van der Waals surface area contributed by atoms with E-state index in [1.165, 1.54) is 0 Å². The summed E-state index contributed by atoms with van der Waals surface area (Å²) >= 11 is 0. The summed E-state index contributed by atoms with van der Waals surface area (Å²) in [5.41, 5.74) is -0.262. The van der Waals surface area contributed by atoms with Crippen LogP contribution in [0.3, 0.4) is 0 Å². The van der Waals surface area contributed by atoms with Crippen molar-refractivity contribution in [1.29, 1.82) is 0 Å². The zero-order valence-electron chi connectivity index (χ0n) is 12.6. The fourth-order valence-electron chi connectivity index (χ4n) is 3.19. The van der Waals surface area contributed by atoms with Gasteiger partial charge in [-0.05, 0) is 45.7 Å². The third-order valence-electron chi connectivity index (χ3n) is 4.55. The van der Waals surface area contributed by atoms with Crippen LogP contribution in [-0.4, -0.2) is 49.6 Å². The summed E-state index contributed by atoms with van der Waals surface area (Å²) in [6, 6.07) is 0. The summed E-state index contributed by atoms with van der Waals surface area (Å²) in [5.74, 6) is -0.0774. The van der Waals surface area contributed by atoms with Crippen molar-refractivity contribution in [3.05, 3.63) is 0 Å². The van der Waals surface area contributed by atoms with Crippen LogP contribution in [0.25, 0.3) is 0 Å². The molecule has 1 N–H and O–H groups in total. The van der Waals surface area contributed by atoms with Gasteiger partial charge in [0.2, 0.25) is 5.91 Å². The Hall–Kier alpha value is -1.10. The van der Waals surface area contributed by atoms with Crippen molar-refractivity contribution < 1.29 is 14.3 Å². The van der Waals surface area contributed by atoms with Gasteiger partial charge in [0.25, 0.3) is 0 Å². The monoisotopic (exact) mass is 282 g/mol. The lowest BCUT2D eigenvalue weighted by Gasteiger charge is -2.40. The van der Waals surface area contributed by atoms with Crippen molar-refractivity contribution in [2.45, 2.75) is 39.5 Å². The van der Waals surface area contributed by atoms with Crippen LogP contribution in [-0.2, 0) is 14.3 Å². The Morgan fingerprint density at radius 3 is 2.70 bits per heavy atom. The first-order valence-electron chi connectivity index (χ1n) is 7.73. The molecule has 1 unspecified atom stereocenters. The molecule has 0 aliphatic carbocycles. The van der Waals surface area contributed by atoms with Gasteiger partial charge in [-0.15, -0.1) is 0 Å². The molecule has 1 atom stereocenters. The summed E-state index contributed by atoms with van der Waals surface area (Å²) in [5, 5.41) is 3.30. The second-order valence-electron chi connectivity index (χ2n) is 6.15. The maximum absolute atomic E-state index is 12.7. The molecular weight excluding hydrogens is 256 g/mol. The highest BCUT2D eigenvalue weighted by Crippen LogP contribution is 2.32. The first-order valence-corrected chi connectivity index (χ1v) is 7.73. The van der Waals surface area contributed by atoms with E-state index in [1.54, 1.807) is 0 Å². The lowest BCUT2D eigenvalue weighted by atomic mass is 9.79. The highest BCUT2D eigenvalue weighted by molar-refractivity contribution is 5.83. The number of nitrogens with zero attached hydrogens (tertiary/aromatic N) is 1. The number of hydrogen-bond acceptors (Lipinski definition) is 4. The van der Waals surface area contributed by atoms with Crippen LogP contribution in [0, 0.1) is 11.3 Å². The minimum Gasteiger partial charge on any atom is -0.466 e. The Morgan fingerprint density at radius 2 is 2.05 bits per heavy atom. The van der Waals surface area contributed by atoms with Gasteiger partial charge in [0.05, 0.1) is 12.5 Å². The van der Waals surface area contributed by atoms with Gasteiger partial charge in [0, 0.05) is 18.5 Å². The summed E-state index contributed by atoms with van der Waals surface area (Å²) < 4.78 is 5.09. The Labute approximate surface area is 121 Å². The van der Waals surface area contributed by atoms with Crippen molar-refractivity contribution in [2.24, 2.45) is 11.3 Å². The van der Waals surface area contributed by atoms with E-state index in [4.69, 9.17) is 4.74 Å². The first-order chi connectivity index (χ1) is 9.57. The first kappa shape index (κ1) is 15.3. The molecule has 0 saturated carbocycles. The molecule has 0 aromatic rings.